The molecule has 0 saturated carbocycles. The number of non-ortho nitro benzene ring substituents is 1. The van der Waals surface area contributed by atoms with Crippen molar-refractivity contribution in [1.29, 1.82) is 4.35 Å². The van der Waals surface area contributed by atoms with Gasteiger partial charge < -0.3 is 43.0 Å². The Labute approximate surface area is 788 Å². The van der Waals surface area contributed by atoms with Gasteiger partial charge in [0, 0.05) is 68.3 Å². The molecular formula is C103H154AlBN12O13. The van der Waals surface area contributed by atoms with Gasteiger partial charge in [-0.15, -0.1) is 10.2 Å². The second-order valence-electron chi connectivity index (χ2n) is 33.8. The Hall–Kier alpha value is -10.1. The zero-order chi connectivity index (χ0) is 94.9. The molecule has 0 fully saturated rings. The van der Waals surface area contributed by atoms with E-state index in [-0.39, 0.29) is 45.2 Å². The van der Waals surface area contributed by atoms with Gasteiger partial charge in [0.25, 0.3) is 5.69 Å². The van der Waals surface area contributed by atoms with Crippen LogP contribution in [0.2, 0.25) is 0 Å². The molecule has 1 unspecified atom stereocenters. The predicted molar refractivity (Wildman–Crippen MR) is 530 cm³/mol. The number of benzene rings is 6. The number of carbonyl (C=O) groups is 4. The second kappa shape index (κ2) is 69.8. The molecule has 0 bridgehead atoms. The summed E-state index contributed by atoms with van der Waals surface area (Å²) in [6.45, 7) is 34.6. The van der Waals surface area contributed by atoms with Crippen molar-refractivity contribution in [2.75, 3.05) is 83.7 Å². The summed E-state index contributed by atoms with van der Waals surface area (Å²) in [5, 5.41) is 45.6. The average molecular weight is 1810 g/mol. The first-order valence-corrected chi connectivity index (χ1v) is 47.8. The van der Waals surface area contributed by atoms with Crippen molar-refractivity contribution in [3.8, 4) is 17.2 Å². The summed E-state index contributed by atoms with van der Waals surface area (Å²) in [4.78, 5) is 64.1. The molecule has 6 rings (SSSR count). The maximum absolute atomic E-state index is 13.4. The Balaban J connectivity index is 0.000000732. The summed E-state index contributed by atoms with van der Waals surface area (Å²) in [5.74, 6) is 0.554. The molecule has 1 N–H and O–H groups in total. The molecule has 6 aromatic rings. The molecule has 0 heterocycles. The molecule has 6 aromatic carbocycles. The number of nitro benzene ring substituents is 1. The van der Waals surface area contributed by atoms with Crippen LogP contribution < -0.4 is 24.0 Å². The number of likely N-dealkylation sites (N-methyl/N-ethyl adjacent to an activating group) is 2. The van der Waals surface area contributed by atoms with Gasteiger partial charge in [0.15, 0.2) is 0 Å². The number of nitrogens with one attached hydrogen (secondary N) is 1. The zero-order valence-corrected chi connectivity index (χ0v) is 82.7. The van der Waals surface area contributed by atoms with E-state index in [9.17, 15) is 29.3 Å². The summed E-state index contributed by atoms with van der Waals surface area (Å²) in [5.41, 5.74) is 7.74. The van der Waals surface area contributed by atoms with Crippen LogP contribution in [0.5, 0.6) is 17.2 Å². The number of unbranched alkanes of at least 4 members (excludes halogenated alkanes) is 30. The van der Waals surface area contributed by atoms with Crippen LogP contribution in [0.1, 0.15) is 299 Å². The van der Waals surface area contributed by atoms with Crippen LogP contribution in [-0.2, 0) is 38.1 Å². The average Bonchev–Trinajstić information content (AvgIpc) is 0.848. The zero-order valence-electron chi connectivity index (χ0n) is 81.5. The monoisotopic (exact) mass is 1810 g/mol. The van der Waals surface area contributed by atoms with E-state index in [1.807, 2.05) is 127 Å². The maximum atomic E-state index is 13.4. The van der Waals surface area contributed by atoms with Gasteiger partial charge in [0.05, 0.1) is 97.5 Å². The first-order valence-electron chi connectivity index (χ1n) is 47.2. The number of nitro groups is 1. The standard InChI is InChI=1S/C53H81N5O6.C28H30N6O5.C22H42O2.Al.B.HN/c1-10-13-14-15-16-17-18-19-20-21-22-23-24-25-26-27-37-63-51(60)53(7,11-2)41-52(5,6)50(59)64-38-36-58(12-3)45-32-28-43(29-33-45)54-56-47-40-49(62-9)48(39-42(47)4)57-55-44-30-34-46(61-8)35-31-44;1-6-33(15-16-39-28(35)19(2)3)23-11-7-21(8-12-23)29-31-25-18-27(38-5)26(17-20(25)4)32-30-22-9-13-24(14-10-22)34(36)37;1-4-5-6-7-8-9-10-11-12-13-14-15-16-17-18-19-20-24-22(23)21(2)3;;;/h28-35,39-40H,10-27,36-38,41H2,1-9H3;7-14,17-18H,2,6,15-16H2,1,3-5H3;2,4-20H2,1,3H3;;;1H. The fraction of sp³-hybridized carbons (Fsp3) is 0.573. The van der Waals surface area contributed by atoms with Crippen molar-refractivity contribution in [2.45, 2.75) is 301 Å². The van der Waals surface area contributed by atoms with Crippen LogP contribution in [0.25, 0.3) is 0 Å². The van der Waals surface area contributed by atoms with E-state index in [0.29, 0.717) is 107 Å². The van der Waals surface area contributed by atoms with Crippen molar-refractivity contribution >= 4 is 111 Å². The van der Waals surface area contributed by atoms with Crippen LogP contribution >= 0.6 is 0 Å². The number of hydrogen-bond donors (Lipinski definition) is 1. The van der Waals surface area contributed by atoms with Gasteiger partial charge in [-0.2, -0.15) is 30.7 Å². The van der Waals surface area contributed by atoms with Crippen molar-refractivity contribution in [2.24, 2.45) is 51.7 Å². The van der Waals surface area contributed by atoms with Gasteiger partial charge in [-0.3, -0.25) is 19.7 Å². The van der Waals surface area contributed by atoms with E-state index < -0.39 is 21.7 Å². The van der Waals surface area contributed by atoms with Gasteiger partial charge in [0.2, 0.25) is 0 Å². The molecule has 0 aromatic heterocycles. The molecule has 27 heteroatoms. The summed E-state index contributed by atoms with van der Waals surface area (Å²) >= 11 is 1.67. The topological polar surface area (TPSA) is 305 Å². The molecular weight excluding hydrogens is 1650 g/mol. The van der Waals surface area contributed by atoms with Crippen LogP contribution in [-0.4, -0.2) is 127 Å². The van der Waals surface area contributed by atoms with Crippen LogP contribution in [0.15, 0.2) is 187 Å². The van der Waals surface area contributed by atoms with Gasteiger partial charge >= 0.3 is 44.3 Å². The van der Waals surface area contributed by atoms with Gasteiger partial charge in [-0.05, 0) is 196 Å². The quantitative estimate of drug-likeness (QED) is 0.00542. The number of anilines is 2. The van der Waals surface area contributed by atoms with E-state index >= 15 is 0 Å². The number of aryl methyl sites for hydroxylation is 2. The number of ether oxygens (including phenoxy) is 7. The number of esters is 4. The molecule has 1 atom stereocenters. The fourth-order valence-corrected chi connectivity index (χ4v) is 14.3. The summed E-state index contributed by atoms with van der Waals surface area (Å²) in [7, 11) is 4.73. The number of methoxy groups -OCH3 is 3. The van der Waals surface area contributed by atoms with Gasteiger partial charge in [0.1, 0.15) is 41.8 Å². The first kappa shape index (κ1) is 116. The molecule has 25 nitrogen and oxygen atoms in total. The van der Waals surface area contributed by atoms with Crippen LogP contribution in [0.3, 0.4) is 0 Å². The fourth-order valence-electron chi connectivity index (χ4n) is 14.3. The van der Waals surface area contributed by atoms with Gasteiger partial charge in [-0.25, -0.2) is 9.59 Å². The van der Waals surface area contributed by atoms with E-state index in [0.717, 1.165) is 60.6 Å². The van der Waals surface area contributed by atoms with Gasteiger partial charge in [-0.1, -0.05) is 227 Å². The summed E-state index contributed by atoms with van der Waals surface area (Å²) in [6.07, 6.45) is 43.5. The number of nitrogens with zero attached hydrogens (tertiary/aromatic N) is 11. The molecule has 130 heavy (non-hydrogen) atoms. The number of hydrogen-bond acceptors (Lipinski definition) is 24. The third kappa shape index (κ3) is 48.1. The molecule has 710 valence electrons. The Bertz CT molecular complexity index is 4320. The summed E-state index contributed by atoms with van der Waals surface area (Å²) < 4.78 is 43.8. The Morgan fingerprint density at radius 3 is 1.00 bits per heavy atom. The molecule has 0 aliphatic rings. The van der Waals surface area contributed by atoms with Crippen LogP contribution in [0, 0.1) is 39.1 Å². The molecule has 0 aliphatic heterocycles. The minimum absolute atomic E-state index is 0. The van der Waals surface area contributed by atoms with Crippen molar-refractivity contribution in [1.82, 2.24) is 0 Å². The van der Waals surface area contributed by atoms with E-state index in [1.54, 1.807) is 62.4 Å². The third-order valence-electron chi connectivity index (χ3n) is 22.4. The van der Waals surface area contributed by atoms with E-state index in [2.05, 4.69) is 84.6 Å². The third-order valence-corrected chi connectivity index (χ3v) is 22.4. The molecule has 0 amide bonds. The first-order chi connectivity index (χ1) is 62.3. The Morgan fingerprint density at radius 2 is 0.692 bits per heavy atom. The van der Waals surface area contributed by atoms with Crippen molar-refractivity contribution < 1.29 is 57.3 Å². The van der Waals surface area contributed by atoms with E-state index in [4.69, 9.17) is 37.5 Å². The second-order valence-corrected chi connectivity index (χ2v) is 33.8. The summed E-state index contributed by atoms with van der Waals surface area (Å²) in [6, 6.07) is 35.7. The number of rotatable bonds is 63. The van der Waals surface area contributed by atoms with Crippen molar-refractivity contribution in [3.05, 3.63) is 167 Å². The molecule has 0 aliphatic carbocycles. The predicted octanol–water partition coefficient (Wildman–Crippen LogP) is 30.4. The van der Waals surface area contributed by atoms with Crippen molar-refractivity contribution in [3.63, 3.8) is 0 Å². The minimum atomic E-state index is -0.855. The Morgan fingerprint density at radius 1 is 0.400 bits per heavy atom. The van der Waals surface area contributed by atoms with Crippen LogP contribution in [0.4, 0.5) is 62.6 Å². The molecule has 0 spiro atoms. The number of carbonyl (C=O) groups excluding carboxylic acids is 4. The molecule has 4 radical (unpaired) electrons. The number of azo groups is 4. The Kier molecular flexibility index (Phi) is 62.2. The molecule has 0 saturated heterocycles. The SMILES string of the molecule is C=C(C)C(=O)OCCCCCCCCCCCCCCCCCC.C=C(C)C(=O)OCCN(CC)c1ccc(N=Nc2cc(OC)c(N=Nc3ccc([N+](=O)[O-])cc3)cc2C)cc1.CCCCCCCCCCCCCCCCCCOC(=O)C(C)(CC)CC(C)(C)C(=O)OCCN(CC)c1ccc(N=Nc2cc(OC)c(N=Nc3ccc(OC)cc3)cc2C)cc1.[B].[NH]=[Al]. The normalized spacial score (nSPS) is 11.6. The van der Waals surface area contributed by atoms with E-state index in [1.165, 1.54) is 218 Å².